The zero-order chi connectivity index (χ0) is 25.7. The third-order valence-corrected chi connectivity index (χ3v) is 5.74. The molecule has 0 radical (unpaired) electrons. The van der Waals surface area contributed by atoms with Crippen molar-refractivity contribution < 1.29 is 13.6 Å². The fourth-order valence-electron chi connectivity index (χ4n) is 3.82. The second-order valence-corrected chi connectivity index (χ2v) is 8.73. The number of pyridine rings is 2. The van der Waals surface area contributed by atoms with E-state index in [0.29, 0.717) is 5.56 Å². The Morgan fingerprint density at radius 1 is 1.03 bits per heavy atom. The predicted molar refractivity (Wildman–Crippen MR) is 136 cm³/mol. The molecule has 186 valence electrons. The number of benzene rings is 2. The minimum absolute atomic E-state index is 0.0123. The van der Waals surface area contributed by atoms with Gasteiger partial charge in [-0.25, -0.2) is 8.78 Å². The van der Waals surface area contributed by atoms with Crippen molar-refractivity contribution in [3.05, 3.63) is 106 Å². The first kappa shape index (κ1) is 25.0. The van der Waals surface area contributed by atoms with Gasteiger partial charge in [0.25, 0.3) is 11.5 Å². The molecule has 0 bridgehead atoms. The second kappa shape index (κ2) is 11.1. The summed E-state index contributed by atoms with van der Waals surface area (Å²) in [6.45, 7) is 1.89. The van der Waals surface area contributed by atoms with Gasteiger partial charge in [0.05, 0.1) is 12.1 Å². The van der Waals surface area contributed by atoms with Crippen LogP contribution in [0.2, 0.25) is 0 Å². The molecule has 0 aliphatic carbocycles. The molecular weight excluding hydrogens is 464 g/mol. The van der Waals surface area contributed by atoms with E-state index in [-0.39, 0.29) is 18.7 Å². The molecule has 0 fully saturated rings. The smallest absolute Gasteiger partial charge is 0.263 e. The molecule has 0 saturated heterocycles. The molecule has 9 heteroatoms. The Morgan fingerprint density at radius 2 is 1.83 bits per heavy atom. The van der Waals surface area contributed by atoms with Crippen LogP contribution in [0.4, 0.5) is 14.5 Å². The van der Waals surface area contributed by atoms with Crippen LogP contribution >= 0.6 is 0 Å². The topological polar surface area (TPSA) is 79.3 Å². The average Bonchev–Trinajstić information content (AvgIpc) is 2.86. The monoisotopic (exact) mass is 491 g/mol. The Balaban J connectivity index is 1.47. The molecule has 4 aromatic rings. The maximum absolute atomic E-state index is 13.5. The summed E-state index contributed by atoms with van der Waals surface area (Å²) in [6.07, 6.45) is 3.25. The van der Waals surface area contributed by atoms with Crippen LogP contribution in [0.1, 0.15) is 21.5 Å². The lowest BCUT2D eigenvalue weighted by Crippen LogP contribution is -2.32. The highest BCUT2D eigenvalue weighted by Gasteiger charge is 2.13. The van der Waals surface area contributed by atoms with Gasteiger partial charge in [-0.1, -0.05) is 12.1 Å². The first-order valence-electron chi connectivity index (χ1n) is 11.5. The number of nitrogens with zero attached hydrogens (tertiary/aromatic N) is 3. The molecule has 0 unspecified atom stereocenters. The van der Waals surface area contributed by atoms with Crippen LogP contribution in [0.5, 0.6) is 0 Å². The Morgan fingerprint density at radius 3 is 2.61 bits per heavy atom. The molecule has 7 nitrogen and oxygen atoms in total. The number of hydrogen-bond donors (Lipinski definition) is 2. The lowest BCUT2D eigenvalue weighted by Gasteiger charge is -2.14. The Bertz CT molecular complexity index is 1450. The van der Waals surface area contributed by atoms with Crippen LogP contribution in [0, 0.1) is 11.6 Å². The van der Waals surface area contributed by atoms with Crippen LogP contribution in [0.15, 0.2) is 71.8 Å². The largest absolute Gasteiger partial charge is 0.383 e. The summed E-state index contributed by atoms with van der Waals surface area (Å²) < 4.78 is 28.0. The van der Waals surface area contributed by atoms with Crippen molar-refractivity contribution in [3.63, 3.8) is 0 Å². The number of likely N-dealkylation sites (N-methyl/N-ethyl adjacent to an activating group) is 1. The Hall–Kier alpha value is -4.11. The van der Waals surface area contributed by atoms with Gasteiger partial charge in [-0.15, -0.1) is 0 Å². The SMILES string of the molecule is CN(C)CCNc1ccnc2ccc(CNC(=O)c3cccn(Cc4ccc(F)c(F)c4)c3=O)cc12. The minimum Gasteiger partial charge on any atom is -0.383 e. The van der Waals surface area contributed by atoms with Gasteiger partial charge in [0.15, 0.2) is 11.6 Å². The van der Waals surface area contributed by atoms with E-state index < -0.39 is 23.1 Å². The molecule has 2 aromatic heterocycles. The number of carbonyl (C=O) groups excluding carboxylic acids is 1. The van der Waals surface area contributed by atoms with E-state index in [4.69, 9.17) is 0 Å². The van der Waals surface area contributed by atoms with Crippen molar-refractivity contribution in [1.82, 2.24) is 19.8 Å². The first-order chi connectivity index (χ1) is 17.3. The van der Waals surface area contributed by atoms with Gasteiger partial charge in [-0.2, -0.15) is 0 Å². The number of carbonyl (C=O) groups is 1. The summed E-state index contributed by atoms with van der Waals surface area (Å²) in [5.41, 5.74) is 2.51. The van der Waals surface area contributed by atoms with E-state index in [1.807, 2.05) is 38.4 Å². The van der Waals surface area contributed by atoms with Crippen molar-refractivity contribution >= 4 is 22.5 Å². The summed E-state index contributed by atoms with van der Waals surface area (Å²) in [6, 6.07) is 14.1. The van der Waals surface area contributed by atoms with E-state index in [0.717, 1.165) is 47.4 Å². The number of hydrogen-bond acceptors (Lipinski definition) is 5. The van der Waals surface area contributed by atoms with Crippen LogP contribution in [-0.2, 0) is 13.1 Å². The lowest BCUT2D eigenvalue weighted by molar-refractivity contribution is 0.0949. The molecule has 36 heavy (non-hydrogen) atoms. The molecule has 0 saturated carbocycles. The van der Waals surface area contributed by atoms with Crippen LogP contribution < -0.4 is 16.2 Å². The summed E-state index contributed by atoms with van der Waals surface area (Å²) in [4.78, 5) is 32.2. The Labute approximate surface area is 207 Å². The summed E-state index contributed by atoms with van der Waals surface area (Å²) in [7, 11) is 4.02. The average molecular weight is 492 g/mol. The van der Waals surface area contributed by atoms with Crippen molar-refractivity contribution in [2.45, 2.75) is 13.1 Å². The molecule has 1 amide bonds. The summed E-state index contributed by atoms with van der Waals surface area (Å²) in [5.74, 6) is -2.47. The Kier molecular flexibility index (Phi) is 7.70. The molecule has 2 aromatic carbocycles. The molecule has 0 aliphatic rings. The van der Waals surface area contributed by atoms with Crippen molar-refractivity contribution in [1.29, 1.82) is 0 Å². The molecule has 2 heterocycles. The van der Waals surface area contributed by atoms with Gasteiger partial charge in [0.1, 0.15) is 5.56 Å². The zero-order valence-electron chi connectivity index (χ0n) is 20.1. The third kappa shape index (κ3) is 5.92. The van der Waals surface area contributed by atoms with Crippen molar-refractivity contribution in [2.75, 3.05) is 32.5 Å². The van der Waals surface area contributed by atoms with Crippen LogP contribution in [-0.4, -0.2) is 47.5 Å². The molecule has 0 spiro atoms. The van der Waals surface area contributed by atoms with E-state index in [2.05, 4.69) is 20.5 Å². The number of halogens is 2. The van der Waals surface area contributed by atoms with Crippen molar-refractivity contribution in [3.8, 4) is 0 Å². The van der Waals surface area contributed by atoms with Gasteiger partial charge < -0.3 is 20.1 Å². The maximum Gasteiger partial charge on any atom is 0.263 e. The zero-order valence-corrected chi connectivity index (χ0v) is 20.1. The quantitative estimate of drug-likeness (QED) is 0.374. The second-order valence-electron chi connectivity index (χ2n) is 8.73. The van der Waals surface area contributed by atoms with Gasteiger partial charge in [-0.05, 0) is 67.7 Å². The molecule has 0 atom stereocenters. The number of amides is 1. The van der Waals surface area contributed by atoms with Crippen LogP contribution in [0.3, 0.4) is 0 Å². The predicted octanol–water partition coefficient (Wildman–Crippen LogP) is 3.63. The molecule has 4 rings (SSSR count). The molecular formula is C27H27F2N5O2. The van der Waals surface area contributed by atoms with Gasteiger partial charge >= 0.3 is 0 Å². The highest BCUT2D eigenvalue weighted by Crippen LogP contribution is 2.23. The summed E-state index contributed by atoms with van der Waals surface area (Å²) in [5, 5.41) is 7.16. The normalized spacial score (nSPS) is 11.1. The fourth-order valence-corrected chi connectivity index (χ4v) is 3.82. The third-order valence-electron chi connectivity index (χ3n) is 5.74. The van der Waals surface area contributed by atoms with Gasteiger partial charge in [0, 0.05) is 43.1 Å². The van der Waals surface area contributed by atoms with Crippen molar-refractivity contribution in [2.24, 2.45) is 0 Å². The van der Waals surface area contributed by atoms with E-state index >= 15 is 0 Å². The van der Waals surface area contributed by atoms with E-state index in [1.54, 1.807) is 12.3 Å². The maximum atomic E-state index is 13.5. The van der Waals surface area contributed by atoms with Gasteiger partial charge in [0.2, 0.25) is 0 Å². The van der Waals surface area contributed by atoms with E-state index in [1.165, 1.54) is 22.9 Å². The number of nitrogens with one attached hydrogen (secondary N) is 2. The first-order valence-corrected chi connectivity index (χ1v) is 11.5. The standard InChI is InChI=1S/C27H27F2N5O2/c1-33(2)13-11-31-25-9-10-30-24-8-6-18(14-21(24)25)16-32-26(35)20-4-3-12-34(27(20)36)17-19-5-7-22(28)23(29)15-19/h3-10,12,14-15H,11,13,16-17H2,1-2H3,(H,30,31)(H,32,35). The number of rotatable bonds is 9. The number of fused-ring (bicyclic) bond motifs is 1. The lowest BCUT2D eigenvalue weighted by atomic mass is 10.1. The number of anilines is 1. The van der Waals surface area contributed by atoms with Crippen LogP contribution in [0.25, 0.3) is 10.9 Å². The van der Waals surface area contributed by atoms with Gasteiger partial charge in [-0.3, -0.25) is 14.6 Å². The van der Waals surface area contributed by atoms with E-state index in [9.17, 15) is 18.4 Å². The highest BCUT2D eigenvalue weighted by atomic mass is 19.2. The highest BCUT2D eigenvalue weighted by molar-refractivity contribution is 5.94. The fraction of sp³-hybridized carbons (Fsp3) is 0.222. The number of aromatic nitrogens is 2. The summed E-state index contributed by atoms with van der Waals surface area (Å²) >= 11 is 0. The minimum atomic E-state index is -0.990. The molecule has 2 N–H and O–H groups in total. The molecule has 0 aliphatic heterocycles.